The molecule has 0 aromatic rings. The van der Waals surface area contributed by atoms with Crippen LogP contribution in [0.1, 0.15) is 120 Å². The van der Waals surface area contributed by atoms with E-state index in [9.17, 15) is 15.3 Å². The maximum atomic E-state index is 11.3. The summed E-state index contributed by atoms with van der Waals surface area (Å²) in [5.41, 5.74) is -3.77. The largest absolute Gasteiger partial charge is 0.390 e. The molecule has 39 heavy (non-hydrogen) atoms. The Morgan fingerprint density at radius 3 is 1.54 bits per heavy atom. The molecule has 4 fully saturated rings. The Morgan fingerprint density at radius 1 is 0.692 bits per heavy atom. The maximum Gasteiger partial charge on any atom is 0.0921 e. The van der Waals surface area contributed by atoms with E-state index in [0.29, 0.717) is 12.8 Å². The van der Waals surface area contributed by atoms with Gasteiger partial charge in [0.1, 0.15) is 0 Å². The van der Waals surface area contributed by atoms with Gasteiger partial charge in [-0.2, -0.15) is 0 Å². The third-order valence-corrected chi connectivity index (χ3v) is 10.6. The highest BCUT2D eigenvalue weighted by Crippen LogP contribution is 2.48. The fraction of sp³-hybridized carbons (Fsp3) is 1.00. The van der Waals surface area contributed by atoms with E-state index in [4.69, 9.17) is 23.7 Å². The van der Waals surface area contributed by atoms with E-state index in [0.717, 1.165) is 51.4 Å². The molecule has 0 saturated carbocycles. The lowest BCUT2D eigenvalue weighted by Gasteiger charge is -2.39. The molecular formula is C31H56O8. The average molecular weight is 557 g/mol. The zero-order valence-electron chi connectivity index (χ0n) is 25.9. The van der Waals surface area contributed by atoms with E-state index in [1.165, 1.54) is 0 Å². The minimum Gasteiger partial charge on any atom is -0.390 e. The predicted molar refractivity (Wildman–Crippen MR) is 149 cm³/mol. The summed E-state index contributed by atoms with van der Waals surface area (Å²) in [6.07, 6.45) is 6.44. The normalized spacial score (nSPS) is 45.2. The molecule has 3 N–H and O–H groups in total. The molecule has 0 aromatic carbocycles. The summed E-state index contributed by atoms with van der Waals surface area (Å²) in [5, 5.41) is 32.2. The molecule has 0 spiro atoms. The van der Waals surface area contributed by atoms with Gasteiger partial charge in [0.2, 0.25) is 0 Å². The lowest BCUT2D eigenvalue weighted by atomic mass is 9.86. The molecule has 4 rings (SSSR count). The smallest absolute Gasteiger partial charge is 0.0921 e. The van der Waals surface area contributed by atoms with Crippen LogP contribution in [-0.2, 0) is 23.7 Å². The van der Waals surface area contributed by atoms with Crippen molar-refractivity contribution in [3.05, 3.63) is 0 Å². The Balaban J connectivity index is 1.32. The third-order valence-electron chi connectivity index (χ3n) is 10.6. The Hall–Kier alpha value is -0.320. The molecule has 8 heteroatoms. The van der Waals surface area contributed by atoms with Crippen LogP contribution in [0.2, 0.25) is 0 Å². The first-order valence-corrected chi connectivity index (χ1v) is 15.2. The summed E-state index contributed by atoms with van der Waals surface area (Å²) < 4.78 is 31.9. The first-order chi connectivity index (χ1) is 17.8. The predicted octanol–water partition coefficient (Wildman–Crippen LogP) is 4.44. The van der Waals surface area contributed by atoms with Gasteiger partial charge in [-0.1, -0.05) is 0 Å². The lowest BCUT2D eigenvalue weighted by molar-refractivity contribution is -0.199. The van der Waals surface area contributed by atoms with Crippen LogP contribution in [0.25, 0.3) is 0 Å². The second kappa shape index (κ2) is 10.7. The van der Waals surface area contributed by atoms with Crippen LogP contribution in [0.3, 0.4) is 0 Å². The molecule has 4 aliphatic rings. The standard InChI is InChI=1S/C31H56O8/c1-26(2,33)21-12-17-30(7,36-21)24-14-16-28(5,38-24)20(32)10-11-23(35-9)29(6)19-15-25(39-29)31(8)18-13-22(37-31)27(3,4)34/h20-25,32-34H,10-19H2,1-9H3/t20-,21-,22-,23-,24-,25-,28+,29+,30+,31+/m1/s1. The van der Waals surface area contributed by atoms with Crippen LogP contribution in [0.4, 0.5) is 0 Å². The molecule has 0 aliphatic carbocycles. The Kier molecular flexibility index (Phi) is 8.71. The zero-order chi connectivity index (χ0) is 29.1. The van der Waals surface area contributed by atoms with Crippen molar-refractivity contribution in [2.24, 2.45) is 0 Å². The molecule has 0 aromatic heterocycles. The van der Waals surface area contributed by atoms with Crippen LogP contribution < -0.4 is 0 Å². The van der Waals surface area contributed by atoms with Crippen molar-refractivity contribution in [2.75, 3.05) is 7.11 Å². The SMILES string of the molecule is CO[C@H](CC[C@@H](O)[C@]1(C)CC[C@H]([C@]2(C)CC[C@H](C(C)(C)O)O2)O1)[C@]1(C)CC[C@H]([C@]2(C)CC[C@H](C(C)(C)O)O2)O1. The summed E-state index contributed by atoms with van der Waals surface area (Å²) in [6.45, 7) is 15.5. The Bertz CT molecular complexity index is 853. The van der Waals surface area contributed by atoms with Gasteiger partial charge in [0.05, 0.1) is 70.2 Å². The van der Waals surface area contributed by atoms with Gasteiger partial charge in [-0.25, -0.2) is 0 Å². The van der Waals surface area contributed by atoms with Crippen LogP contribution in [0.5, 0.6) is 0 Å². The molecule has 4 heterocycles. The average Bonchev–Trinajstić information content (AvgIpc) is 3.60. The number of hydrogen-bond donors (Lipinski definition) is 3. The second-order valence-electron chi connectivity index (χ2n) is 15.0. The minimum absolute atomic E-state index is 0.0613. The molecule has 0 amide bonds. The van der Waals surface area contributed by atoms with Crippen molar-refractivity contribution in [1.82, 2.24) is 0 Å². The third kappa shape index (κ3) is 6.38. The first kappa shape index (κ1) is 31.6. The fourth-order valence-electron chi connectivity index (χ4n) is 7.54. The van der Waals surface area contributed by atoms with Gasteiger partial charge in [-0.05, 0) is 120 Å². The van der Waals surface area contributed by atoms with Gasteiger partial charge < -0.3 is 39.0 Å². The van der Waals surface area contributed by atoms with Crippen molar-refractivity contribution in [3.63, 3.8) is 0 Å². The highest BCUT2D eigenvalue weighted by atomic mass is 16.6. The Labute approximate surface area is 236 Å². The monoisotopic (exact) mass is 556 g/mol. The van der Waals surface area contributed by atoms with Crippen molar-refractivity contribution in [1.29, 1.82) is 0 Å². The van der Waals surface area contributed by atoms with E-state index >= 15 is 0 Å². The molecule has 4 saturated heterocycles. The van der Waals surface area contributed by atoms with E-state index in [1.807, 2.05) is 6.92 Å². The van der Waals surface area contributed by atoms with Crippen molar-refractivity contribution in [2.45, 2.75) is 190 Å². The van der Waals surface area contributed by atoms with Crippen LogP contribution in [-0.4, -0.2) is 92.7 Å². The topological polar surface area (TPSA) is 107 Å². The Morgan fingerprint density at radius 2 is 1.13 bits per heavy atom. The molecule has 228 valence electrons. The second-order valence-corrected chi connectivity index (χ2v) is 15.0. The molecule has 0 bridgehead atoms. The van der Waals surface area contributed by atoms with Gasteiger partial charge in [0.25, 0.3) is 0 Å². The number of aliphatic hydroxyl groups is 3. The highest BCUT2D eigenvalue weighted by molar-refractivity contribution is 5.05. The molecule has 8 nitrogen and oxygen atoms in total. The van der Waals surface area contributed by atoms with Gasteiger partial charge in [-0.3, -0.25) is 0 Å². The number of hydrogen-bond acceptors (Lipinski definition) is 8. The number of aliphatic hydroxyl groups excluding tert-OH is 1. The summed E-state index contributed by atoms with van der Waals surface area (Å²) in [4.78, 5) is 0. The first-order valence-electron chi connectivity index (χ1n) is 15.2. The zero-order valence-corrected chi connectivity index (χ0v) is 25.9. The number of rotatable bonds is 10. The highest BCUT2D eigenvalue weighted by Gasteiger charge is 2.55. The summed E-state index contributed by atoms with van der Waals surface area (Å²) >= 11 is 0. The van der Waals surface area contributed by atoms with Crippen molar-refractivity contribution >= 4 is 0 Å². The quantitative estimate of drug-likeness (QED) is 0.363. The fourth-order valence-corrected chi connectivity index (χ4v) is 7.54. The number of methoxy groups -OCH3 is 1. The van der Waals surface area contributed by atoms with Crippen molar-refractivity contribution < 1.29 is 39.0 Å². The number of ether oxygens (including phenoxy) is 5. The summed E-state index contributed by atoms with van der Waals surface area (Å²) in [6, 6.07) is 0. The van der Waals surface area contributed by atoms with E-state index in [-0.39, 0.29) is 30.5 Å². The van der Waals surface area contributed by atoms with Gasteiger partial charge in [0, 0.05) is 7.11 Å². The van der Waals surface area contributed by atoms with Crippen LogP contribution >= 0.6 is 0 Å². The lowest BCUT2D eigenvalue weighted by Crippen LogP contribution is -2.48. The van der Waals surface area contributed by atoms with E-state index < -0.39 is 39.7 Å². The van der Waals surface area contributed by atoms with Crippen LogP contribution in [0, 0.1) is 0 Å². The maximum absolute atomic E-state index is 11.3. The molecule has 4 aliphatic heterocycles. The molecule has 0 unspecified atom stereocenters. The molecule has 10 atom stereocenters. The van der Waals surface area contributed by atoms with E-state index in [2.05, 4.69) is 20.8 Å². The molecular weight excluding hydrogens is 500 g/mol. The summed E-state index contributed by atoms with van der Waals surface area (Å²) in [7, 11) is 1.72. The van der Waals surface area contributed by atoms with Gasteiger partial charge >= 0.3 is 0 Å². The summed E-state index contributed by atoms with van der Waals surface area (Å²) in [5.74, 6) is 0. The van der Waals surface area contributed by atoms with Gasteiger partial charge in [-0.15, -0.1) is 0 Å². The van der Waals surface area contributed by atoms with Gasteiger partial charge in [0.15, 0.2) is 0 Å². The van der Waals surface area contributed by atoms with E-state index in [1.54, 1.807) is 34.8 Å². The minimum atomic E-state index is -0.885. The molecule has 0 radical (unpaired) electrons. The van der Waals surface area contributed by atoms with Crippen LogP contribution in [0.15, 0.2) is 0 Å². The van der Waals surface area contributed by atoms with Crippen molar-refractivity contribution in [3.8, 4) is 0 Å².